The van der Waals surface area contributed by atoms with Crippen LogP contribution in [-0.2, 0) is 13.1 Å². The molecule has 0 aliphatic carbocycles. The maximum absolute atomic E-state index is 13.4. The molecule has 0 saturated heterocycles. The highest BCUT2D eigenvalue weighted by Crippen LogP contribution is 2.31. The van der Waals surface area contributed by atoms with Gasteiger partial charge in [-0.2, -0.15) is 0 Å². The Morgan fingerprint density at radius 2 is 1.71 bits per heavy atom. The monoisotopic (exact) mass is 482 g/mol. The first-order valence-corrected chi connectivity index (χ1v) is 12.2. The van der Waals surface area contributed by atoms with E-state index in [-0.39, 0.29) is 18.2 Å². The van der Waals surface area contributed by atoms with Crippen LogP contribution in [0.15, 0.2) is 54.6 Å². The minimum atomic E-state index is -0.205. The molecule has 0 unspecified atom stereocenters. The van der Waals surface area contributed by atoms with Crippen LogP contribution in [-0.4, -0.2) is 40.6 Å². The van der Waals surface area contributed by atoms with Crippen molar-refractivity contribution in [2.24, 2.45) is 0 Å². The number of aromatic nitrogens is 2. The van der Waals surface area contributed by atoms with E-state index in [9.17, 15) is 4.39 Å². The van der Waals surface area contributed by atoms with Crippen LogP contribution >= 0.6 is 12.4 Å². The molecule has 4 aromatic rings. The Balaban J connectivity index is 0.00000324. The summed E-state index contributed by atoms with van der Waals surface area (Å²) in [6.45, 7) is 12.4. The molecular weight excluding hydrogens is 447 g/mol. The molecule has 0 saturated carbocycles. The van der Waals surface area contributed by atoms with Crippen molar-refractivity contribution in [2.45, 2.75) is 46.7 Å². The Hall–Kier alpha value is -2.47. The summed E-state index contributed by atoms with van der Waals surface area (Å²) in [6, 6.07) is 17.5. The van der Waals surface area contributed by atoms with Gasteiger partial charge in [-0.05, 0) is 75.8 Å². The Labute approximate surface area is 208 Å². The van der Waals surface area contributed by atoms with Gasteiger partial charge in [0.2, 0.25) is 0 Å². The van der Waals surface area contributed by atoms with Crippen molar-refractivity contribution < 1.29 is 4.39 Å². The Morgan fingerprint density at radius 3 is 2.44 bits per heavy atom. The van der Waals surface area contributed by atoms with Gasteiger partial charge in [0, 0.05) is 29.4 Å². The van der Waals surface area contributed by atoms with Crippen molar-refractivity contribution in [3.63, 3.8) is 0 Å². The van der Waals surface area contributed by atoms with Crippen LogP contribution in [0.1, 0.15) is 43.6 Å². The number of para-hydroxylation sites is 1. The molecule has 0 atom stereocenters. The van der Waals surface area contributed by atoms with Crippen LogP contribution in [0.4, 0.5) is 4.39 Å². The third kappa shape index (κ3) is 5.96. The first-order chi connectivity index (χ1) is 16.1. The number of benzene rings is 2. The molecule has 0 radical (unpaired) electrons. The summed E-state index contributed by atoms with van der Waals surface area (Å²) in [5, 5.41) is 6.05. The van der Waals surface area contributed by atoms with E-state index in [0.29, 0.717) is 6.54 Å². The van der Waals surface area contributed by atoms with Gasteiger partial charge in [0.1, 0.15) is 5.82 Å². The van der Waals surface area contributed by atoms with Crippen molar-refractivity contribution in [3.8, 4) is 0 Å². The molecule has 6 heteroatoms. The van der Waals surface area contributed by atoms with Crippen LogP contribution < -0.4 is 5.32 Å². The molecule has 182 valence electrons. The van der Waals surface area contributed by atoms with E-state index in [1.165, 1.54) is 47.8 Å². The molecule has 34 heavy (non-hydrogen) atoms. The minimum absolute atomic E-state index is 0. The minimum Gasteiger partial charge on any atom is -0.334 e. The van der Waals surface area contributed by atoms with Crippen LogP contribution in [0.5, 0.6) is 0 Å². The van der Waals surface area contributed by atoms with E-state index in [1.807, 2.05) is 12.1 Å². The summed E-state index contributed by atoms with van der Waals surface area (Å²) in [5.74, 6) is -0.205. The average molecular weight is 483 g/mol. The maximum atomic E-state index is 13.4. The summed E-state index contributed by atoms with van der Waals surface area (Å²) >= 11 is 0. The molecule has 2 aromatic carbocycles. The smallest absolute Gasteiger partial charge is 0.123 e. The van der Waals surface area contributed by atoms with Gasteiger partial charge in [0.15, 0.2) is 0 Å². The number of aryl methyl sites for hydroxylation is 1. The zero-order valence-electron chi connectivity index (χ0n) is 20.5. The fourth-order valence-electron chi connectivity index (χ4n) is 4.70. The van der Waals surface area contributed by atoms with Gasteiger partial charge < -0.3 is 14.8 Å². The van der Waals surface area contributed by atoms with E-state index < -0.39 is 0 Å². The fourth-order valence-corrected chi connectivity index (χ4v) is 4.70. The highest BCUT2D eigenvalue weighted by atomic mass is 35.5. The second-order valence-electron chi connectivity index (χ2n) is 8.74. The van der Waals surface area contributed by atoms with Crippen molar-refractivity contribution in [3.05, 3.63) is 77.4 Å². The first-order valence-electron chi connectivity index (χ1n) is 12.2. The number of hydrogen-bond donors (Lipinski definition) is 1. The largest absolute Gasteiger partial charge is 0.334 e. The van der Waals surface area contributed by atoms with Crippen molar-refractivity contribution in [1.82, 2.24) is 19.8 Å². The summed E-state index contributed by atoms with van der Waals surface area (Å²) < 4.78 is 15.7. The normalized spacial score (nSPS) is 11.4. The Kier molecular flexibility index (Phi) is 9.45. The molecule has 1 N–H and O–H groups in total. The predicted octanol–water partition coefficient (Wildman–Crippen LogP) is 6.32. The first kappa shape index (κ1) is 26.1. The summed E-state index contributed by atoms with van der Waals surface area (Å²) in [6.07, 6.45) is 2.39. The number of unbranched alkanes of at least 4 members (excludes halogenated alkanes) is 1. The van der Waals surface area contributed by atoms with Crippen molar-refractivity contribution in [1.29, 1.82) is 0 Å². The van der Waals surface area contributed by atoms with Crippen molar-refractivity contribution in [2.75, 3.05) is 26.2 Å². The molecule has 2 heterocycles. The molecule has 4 rings (SSSR count). The third-order valence-corrected chi connectivity index (χ3v) is 6.51. The van der Waals surface area contributed by atoms with E-state index in [0.717, 1.165) is 48.6 Å². The SMILES string of the molecule is CCN(CC)CCCCNCc1cc2c3ccccc3n(Cc3ccc(F)cc3)c2c(C)n1.Cl. The average Bonchev–Trinajstić information content (AvgIpc) is 3.14. The van der Waals surface area contributed by atoms with Crippen LogP contribution in [0.2, 0.25) is 0 Å². The van der Waals surface area contributed by atoms with Crippen LogP contribution in [0.3, 0.4) is 0 Å². The molecular formula is C28H36ClFN4. The Bertz CT molecular complexity index is 1200. The van der Waals surface area contributed by atoms with Gasteiger partial charge in [0.05, 0.1) is 16.9 Å². The molecule has 0 amide bonds. The van der Waals surface area contributed by atoms with Gasteiger partial charge in [-0.1, -0.05) is 44.2 Å². The van der Waals surface area contributed by atoms with Gasteiger partial charge in [-0.15, -0.1) is 12.4 Å². The van der Waals surface area contributed by atoms with E-state index in [4.69, 9.17) is 4.98 Å². The maximum Gasteiger partial charge on any atom is 0.123 e. The predicted molar refractivity (Wildman–Crippen MR) is 143 cm³/mol. The molecule has 0 spiro atoms. The molecule has 0 aliphatic heterocycles. The summed E-state index contributed by atoms with van der Waals surface area (Å²) in [7, 11) is 0. The topological polar surface area (TPSA) is 33.1 Å². The standard InChI is InChI=1S/C28H35FN4.ClH/c1-4-32(5-2)17-9-8-16-30-19-24-18-26-25-10-6-7-11-27(25)33(28(26)21(3)31-24)20-22-12-14-23(29)15-13-22;/h6-7,10-15,18,30H,4-5,8-9,16-17,19-20H2,1-3H3;1H. The number of rotatable bonds is 11. The number of nitrogens with one attached hydrogen (secondary N) is 1. The fraction of sp³-hybridized carbons (Fsp3) is 0.393. The molecule has 0 aliphatic rings. The lowest BCUT2D eigenvalue weighted by atomic mass is 10.1. The molecule has 0 bridgehead atoms. The van der Waals surface area contributed by atoms with E-state index >= 15 is 0 Å². The number of hydrogen-bond acceptors (Lipinski definition) is 3. The Morgan fingerprint density at radius 1 is 0.971 bits per heavy atom. The lowest BCUT2D eigenvalue weighted by Crippen LogP contribution is -2.25. The third-order valence-electron chi connectivity index (χ3n) is 6.51. The van der Waals surface area contributed by atoms with Gasteiger partial charge in [0.25, 0.3) is 0 Å². The summed E-state index contributed by atoms with van der Waals surface area (Å²) in [5.41, 5.74) is 5.53. The molecule has 2 aromatic heterocycles. The highest BCUT2D eigenvalue weighted by molar-refractivity contribution is 6.08. The van der Waals surface area contributed by atoms with Gasteiger partial charge in [-0.25, -0.2) is 4.39 Å². The number of fused-ring (bicyclic) bond motifs is 3. The number of pyridine rings is 1. The molecule has 0 fully saturated rings. The quantitative estimate of drug-likeness (QED) is 0.254. The molecule has 4 nitrogen and oxygen atoms in total. The van der Waals surface area contributed by atoms with E-state index in [1.54, 1.807) is 0 Å². The van der Waals surface area contributed by atoms with Gasteiger partial charge >= 0.3 is 0 Å². The van der Waals surface area contributed by atoms with Crippen LogP contribution in [0.25, 0.3) is 21.8 Å². The summed E-state index contributed by atoms with van der Waals surface area (Å²) in [4.78, 5) is 7.41. The van der Waals surface area contributed by atoms with Crippen LogP contribution in [0, 0.1) is 12.7 Å². The van der Waals surface area contributed by atoms with Gasteiger partial charge in [-0.3, -0.25) is 4.98 Å². The lowest BCUT2D eigenvalue weighted by Gasteiger charge is -2.17. The second-order valence-corrected chi connectivity index (χ2v) is 8.74. The van der Waals surface area contributed by atoms with Crippen molar-refractivity contribution >= 4 is 34.2 Å². The zero-order chi connectivity index (χ0) is 23.2. The number of halogens is 2. The van der Waals surface area contributed by atoms with E-state index in [2.05, 4.69) is 65.9 Å². The highest BCUT2D eigenvalue weighted by Gasteiger charge is 2.15. The lowest BCUT2D eigenvalue weighted by molar-refractivity contribution is 0.296. The number of nitrogens with zero attached hydrogens (tertiary/aromatic N) is 3. The second kappa shape index (κ2) is 12.3. The zero-order valence-corrected chi connectivity index (χ0v) is 21.3.